The zero-order valence-corrected chi connectivity index (χ0v) is 12.6. The lowest BCUT2D eigenvalue weighted by Crippen LogP contribution is -2.47. The molecule has 2 unspecified atom stereocenters. The van der Waals surface area contributed by atoms with Crippen molar-refractivity contribution in [1.82, 2.24) is 10.2 Å². The molecule has 21 heavy (non-hydrogen) atoms. The predicted octanol–water partition coefficient (Wildman–Crippen LogP) is 1.43. The fourth-order valence-corrected chi connectivity index (χ4v) is 3.78. The SMILES string of the molecule is NCc1ccccc1CC(=O)NC1CCN2CCCCC12. The van der Waals surface area contributed by atoms with Gasteiger partial charge in [0.1, 0.15) is 0 Å². The predicted molar refractivity (Wildman–Crippen MR) is 83.8 cm³/mol. The van der Waals surface area contributed by atoms with E-state index in [0.717, 1.165) is 24.1 Å². The number of rotatable bonds is 4. The van der Waals surface area contributed by atoms with Crippen LogP contribution in [-0.2, 0) is 17.8 Å². The van der Waals surface area contributed by atoms with Crippen LogP contribution in [0.1, 0.15) is 36.8 Å². The number of nitrogens with zero attached hydrogens (tertiary/aromatic N) is 1. The normalized spacial score (nSPS) is 25.6. The topological polar surface area (TPSA) is 58.4 Å². The van der Waals surface area contributed by atoms with Crippen LogP contribution in [0.15, 0.2) is 24.3 Å². The molecule has 1 aromatic carbocycles. The first-order chi connectivity index (χ1) is 10.3. The Labute approximate surface area is 126 Å². The Morgan fingerprint density at radius 3 is 2.81 bits per heavy atom. The molecule has 2 saturated heterocycles. The van der Waals surface area contributed by atoms with Gasteiger partial charge >= 0.3 is 0 Å². The Bertz CT molecular complexity index is 503. The molecule has 2 aliphatic rings. The molecule has 2 atom stereocenters. The van der Waals surface area contributed by atoms with Gasteiger partial charge in [0.05, 0.1) is 6.42 Å². The maximum atomic E-state index is 12.3. The molecule has 3 N–H and O–H groups in total. The number of carbonyl (C=O) groups is 1. The van der Waals surface area contributed by atoms with Gasteiger partial charge in [-0.1, -0.05) is 30.7 Å². The highest BCUT2D eigenvalue weighted by Gasteiger charge is 2.36. The highest BCUT2D eigenvalue weighted by Crippen LogP contribution is 2.27. The Morgan fingerprint density at radius 2 is 2.00 bits per heavy atom. The summed E-state index contributed by atoms with van der Waals surface area (Å²) in [6, 6.07) is 8.85. The summed E-state index contributed by atoms with van der Waals surface area (Å²) in [5.41, 5.74) is 7.86. The maximum absolute atomic E-state index is 12.3. The van der Waals surface area contributed by atoms with E-state index in [-0.39, 0.29) is 5.91 Å². The number of hydrogen-bond acceptors (Lipinski definition) is 3. The lowest BCUT2D eigenvalue weighted by atomic mass is 9.98. The van der Waals surface area contributed by atoms with Crippen molar-refractivity contribution in [3.63, 3.8) is 0 Å². The van der Waals surface area contributed by atoms with Gasteiger partial charge in [0, 0.05) is 25.2 Å². The van der Waals surface area contributed by atoms with Gasteiger partial charge in [-0.3, -0.25) is 9.69 Å². The van der Waals surface area contributed by atoms with E-state index >= 15 is 0 Å². The minimum atomic E-state index is 0.133. The summed E-state index contributed by atoms with van der Waals surface area (Å²) in [6.45, 7) is 2.82. The van der Waals surface area contributed by atoms with E-state index in [2.05, 4.69) is 10.2 Å². The molecule has 1 amide bonds. The van der Waals surface area contributed by atoms with Gasteiger partial charge < -0.3 is 11.1 Å². The lowest BCUT2D eigenvalue weighted by Gasteiger charge is -2.32. The minimum Gasteiger partial charge on any atom is -0.351 e. The molecule has 0 saturated carbocycles. The third kappa shape index (κ3) is 3.27. The van der Waals surface area contributed by atoms with Crippen LogP contribution in [0.25, 0.3) is 0 Å². The molecule has 1 aromatic rings. The van der Waals surface area contributed by atoms with Crippen molar-refractivity contribution in [3.05, 3.63) is 35.4 Å². The number of piperidine rings is 1. The van der Waals surface area contributed by atoms with Gasteiger partial charge in [0.25, 0.3) is 0 Å². The standard InChI is InChI=1S/C17H25N3O/c18-12-14-6-2-1-5-13(14)11-17(21)19-15-8-10-20-9-4-3-7-16(15)20/h1-2,5-6,15-16H,3-4,7-12,18H2,(H,19,21). The van der Waals surface area contributed by atoms with E-state index in [1.165, 1.54) is 25.8 Å². The Hall–Kier alpha value is -1.39. The highest BCUT2D eigenvalue weighted by atomic mass is 16.1. The quantitative estimate of drug-likeness (QED) is 0.881. The molecular weight excluding hydrogens is 262 g/mol. The van der Waals surface area contributed by atoms with Crippen LogP contribution in [0.4, 0.5) is 0 Å². The summed E-state index contributed by atoms with van der Waals surface area (Å²) in [6.07, 6.45) is 5.36. The van der Waals surface area contributed by atoms with Crippen LogP contribution >= 0.6 is 0 Å². The van der Waals surface area contributed by atoms with Crippen molar-refractivity contribution in [2.75, 3.05) is 13.1 Å². The lowest BCUT2D eigenvalue weighted by molar-refractivity contribution is -0.121. The number of fused-ring (bicyclic) bond motifs is 1. The summed E-state index contributed by atoms with van der Waals surface area (Å²) >= 11 is 0. The molecule has 3 rings (SSSR count). The zero-order valence-electron chi connectivity index (χ0n) is 12.6. The number of nitrogens with one attached hydrogen (secondary N) is 1. The van der Waals surface area contributed by atoms with E-state index in [9.17, 15) is 4.79 Å². The zero-order chi connectivity index (χ0) is 14.7. The van der Waals surface area contributed by atoms with E-state index < -0.39 is 0 Å². The van der Waals surface area contributed by atoms with Gasteiger partial charge in [-0.25, -0.2) is 0 Å². The second kappa shape index (κ2) is 6.58. The van der Waals surface area contributed by atoms with Crippen LogP contribution in [0, 0.1) is 0 Å². The van der Waals surface area contributed by atoms with Gasteiger partial charge in [-0.15, -0.1) is 0 Å². The average Bonchev–Trinajstić information content (AvgIpc) is 2.91. The molecule has 0 aliphatic carbocycles. The van der Waals surface area contributed by atoms with Crippen molar-refractivity contribution < 1.29 is 4.79 Å². The summed E-state index contributed by atoms with van der Waals surface area (Å²) in [5, 5.41) is 3.26. The van der Waals surface area contributed by atoms with Crippen LogP contribution in [0.3, 0.4) is 0 Å². The van der Waals surface area contributed by atoms with Crippen LogP contribution < -0.4 is 11.1 Å². The summed E-state index contributed by atoms with van der Waals surface area (Å²) in [5.74, 6) is 0.133. The molecule has 2 heterocycles. The summed E-state index contributed by atoms with van der Waals surface area (Å²) in [7, 11) is 0. The first-order valence-corrected chi connectivity index (χ1v) is 8.08. The molecule has 0 aromatic heterocycles. The molecule has 0 spiro atoms. The smallest absolute Gasteiger partial charge is 0.224 e. The Kier molecular flexibility index (Phi) is 4.56. The summed E-state index contributed by atoms with van der Waals surface area (Å²) < 4.78 is 0. The number of benzene rings is 1. The van der Waals surface area contributed by atoms with E-state index in [1.807, 2.05) is 24.3 Å². The third-order valence-corrected chi connectivity index (χ3v) is 4.89. The molecular formula is C17H25N3O. The molecule has 4 heteroatoms. The fraction of sp³-hybridized carbons (Fsp3) is 0.588. The highest BCUT2D eigenvalue weighted by molar-refractivity contribution is 5.79. The monoisotopic (exact) mass is 287 g/mol. The molecule has 114 valence electrons. The largest absolute Gasteiger partial charge is 0.351 e. The van der Waals surface area contributed by atoms with E-state index in [1.54, 1.807) is 0 Å². The molecule has 4 nitrogen and oxygen atoms in total. The molecule has 0 radical (unpaired) electrons. The third-order valence-electron chi connectivity index (χ3n) is 4.89. The first kappa shape index (κ1) is 14.5. The number of amides is 1. The van der Waals surface area contributed by atoms with Crippen molar-refractivity contribution in [1.29, 1.82) is 0 Å². The number of nitrogens with two attached hydrogens (primary N) is 1. The van der Waals surface area contributed by atoms with Crippen LogP contribution in [0.5, 0.6) is 0 Å². The van der Waals surface area contributed by atoms with Gasteiger partial charge in [-0.2, -0.15) is 0 Å². The fourth-order valence-electron chi connectivity index (χ4n) is 3.78. The van der Waals surface area contributed by atoms with Crippen molar-refractivity contribution >= 4 is 5.91 Å². The molecule has 2 aliphatic heterocycles. The van der Waals surface area contributed by atoms with Crippen LogP contribution in [-0.4, -0.2) is 36.0 Å². The van der Waals surface area contributed by atoms with E-state index in [0.29, 0.717) is 25.0 Å². The maximum Gasteiger partial charge on any atom is 0.224 e. The molecule has 2 fully saturated rings. The Morgan fingerprint density at radius 1 is 1.19 bits per heavy atom. The Balaban J connectivity index is 1.59. The van der Waals surface area contributed by atoms with Crippen molar-refractivity contribution in [2.24, 2.45) is 5.73 Å². The van der Waals surface area contributed by atoms with Gasteiger partial charge in [-0.05, 0) is 36.9 Å². The van der Waals surface area contributed by atoms with Crippen molar-refractivity contribution in [2.45, 2.75) is 50.7 Å². The second-order valence-corrected chi connectivity index (χ2v) is 6.21. The minimum absolute atomic E-state index is 0.133. The van der Waals surface area contributed by atoms with Gasteiger partial charge in [0.2, 0.25) is 5.91 Å². The molecule has 0 bridgehead atoms. The first-order valence-electron chi connectivity index (χ1n) is 8.08. The number of hydrogen-bond donors (Lipinski definition) is 2. The summed E-state index contributed by atoms with van der Waals surface area (Å²) in [4.78, 5) is 14.9. The van der Waals surface area contributed by atoms with Crippen LogP contribution in [0.2, 0.25) is 0 Å². The van der Waals surface area contributed by atoms with Crippen molar-refractivity contribution in [3.8, 4) is 0 Å². The second-order valence-electron chi connectivity index (χ2n) is 6.21. The van der Waals surface area contributed by atoms with Gasteiger partial charge in [0.15, 0.2) is 0 Å². The average molecular weight is 287 g/mol. The number of carbonyl (C=O) groups excluding carboxylic acids is 1. The van der Waals surface area contributed by atoms with E-state index in [4.69, 9.17) is 5.73 Å².